The van der Waals surface area contributed by atoms with Crippen molar-refractivity contribution in [2.75, 3.05) is 6.61 Å². The van der Waals surface area contributed by atoms with Gasteiger partial charge in [-0.25, -0.2) is 9.59 Å². The van der Waals surface area contributed by atoms with E-state index < -0.39 is 17.5 Å². The van der Waals surface area contributed by atoms with Crippen LogP contribution in [0, 0.1) is 0 Å². The Bertz CT molecular complexity index is 1220. The summed E-state index contributed by atoms with van der Waals surface area (Å²) < 4.78 is 16.2. The summed E-state index contributed by atoms with van der Waals surface area (Å²) in [4.78, 5) is 37.2. The van der Waals surface area contributed by atoms with Gasteiger partial charge >= 0.3 is 11.6 Å². The zero-order valence-electron chi connectivity index (χ0n) is 19.5. The number of hydrogen-bond donors (Lipinski definition) is 1. The second-order valence-electron chi connectivity index (χ2n) is 8.94. The van der Waals surface area contributed by atoms with Crippen LogP contribution >= 0.6 is 0 Å². The van der Waals surface area contributed by atoms with Gasteiger partial charge in [0.25, 0.3) is 5.91 Å². The molecule has 1 heterocycles. The van der Waals surface area contributed by atoms with Crippen LogP contribution in [-0.2, 0) is 4.79 Å². The molecular formula is C27H29NO6. The van der Waals surface area contributed by atoms with Crippen molar-refractivity contribution in [3.8, 4) is 11.5 Å². The highest BCUT2D eigenvalue weighted by Crippen LogP contribution is 2.22. The molecule has 0 unspecified atom stereocenters. The fourth-order valence-corrected chi connectivity index (χ4v) is 4.08. The topological polar surface area (TPSA) is 94.8 Å². The predicted octanol–water partition coefficient (Wildman–Crippen LogP) is 4.96. The smallest absolute Gasteiger partial charge is 0.349 e. The minimum Gasteiger partial charge on any atom is -0.482 e. The van der Waals surface area contributed by atoms with Crippen molar-refractivity contribution in [2.45, 2.75) is 57.9 Å². The first kappa shape index (κ1) is 23.5. The molecule has 0 atom stereocenters. The number of benzene rings is 2. The normalized spacial score (nSPS) is 14.2. The Morgan fingerprint density at radius 3 is 2.41 bits per heavy atom. The van der Waals surface area contributed by atoms with Crippen LogP contribution in [0.3, 0.4) is 0 Å². The third-order valence-electron chi connectivity index (χ3n) is 6.03. The predicted molar refractivity (Wildman–Crippen MR) is 128 cm³/mol. The number of esters is 1. The van der Waals surface area contributed by atoms with E-state index >= 15 is 0 Å². The van der Waals surface area contributed by atoms with E-state index in [1.54, 1.807) is 12.1 Å². The quantitative estimate of drug-likeness (QED) is 0.302. The van der Waals surface area contributed by atoms with Crippen LogP contribution < -0.4 is 20.4 Å². The summed E-state index contributed by atoms with van der Waals surface area (Å²) in [5.74, 6) is 0.202. The lowest BCUT2D eigenvalue weighted by Crippen LogP contribution is -2.38. The van der Waals surface area contributed by atoms with Gasteiger partial charge in [0.15, 0.2) is 6.61 Å². The van der Waals surface area contributed by atoms with Crippen molar-refractivity contribution in [1.29, 1.82) is 0 Å². The first-order valence-corrected chi connectivity index (χ1v) is 11.7. The molecule has 3 aromatic rings. The van der Waals surface area contributed by atoms with Gasteiger partial charge in [-0.3, -0.25) is 4.79 Å². The molecule has 1 fully saturated rings. The Kier molecular flexibility index (Phi) is 7.30. The molecule has 34 heavy (non-hydrogen) atoms. The number of hydrogen-bond acceptors (Lipinski definition) is 6. The van der Waals surface area contributed by atoms with E-state index in [-0.39, 0.29) is 29.5 Å². The number of carbonyl (C=O) groups excluding carboxylic acids is 2. The van der Waals surface area contributed by atoms with Crippen molar-refractivity contribution in [3.05, 3.63) is 70.1 Å². The second-order valence-corrected chi connectivity index (χ2v) is 8.94. The fourth-order valence-electron chi connectivity index (χ4n) is 4.08. The van der Waals surface area contributed by atoms with Gasteiger partial charge in [0.05, 0.1) is 0 Å². The molecule has 7 nitrogen and oxygen atoms in total. The minimum absolute atomic E-state index is 0.0281. The highest BCUT2D eigenvalue weighted by molar-refractivity contribution is 5.97. The minimum atomic E-state index is -0.725. The van der Waals surface area contributed by atoms with E-state index in [0.717, 1.165) is 25.7 Å². The summed E-state index contributed by atoms with van der Waals surface area (Å²) in [5, 5.41) is 3.50. The summed E-state index contributed by atoms with van der Waals surface area (Å²) in [6.07, 6.45) is 5.18. The highest BCUT2D eigenvalue weighted by atomic mass is 16.6. The van der Waals surface area contributed by atoms with E-state index in [9.17, 15) is 14.4 Å². The number of amides is 1. The van der Waals surface area contributed by atoms with E-state index in [0.29, 0.717) is 17.1 Å². The van der Waals surface area contributed by atoms with E-state index in [1.807, 2.05) is 24.3 Å². The number of rotatable bonds is 7. The Hall–Kier alpha value is -3.61. The molecule has 1 aliphatic carbocycles. The maximum atomic E-state index is 12.6. The molecule has 7 heteroatoms. The molecule has 0 spiro atoms. The molecule has 1 N–H and O–H groups in total. The van der Waals surface area contributed by atoms with Crippen LogP contribution in [0.1, 0.15) is 67.8 Å². The molecule has 1 aromatic heterocycles. The van der Waals surface area contributed by atoms with Crippen molar-refractivity contribution in [2.24, 2.45) is 0 Å². The van der Waals surface area contributed by atoms with Crippen LogP contribution in [0.25, 0.3) is 11.0 Å². The van der Waals surface area contributed by atoms with Crippen molar-refractivity contribution in [1.82, 2.24) is 5.32 Å². The Morgan fingerprint density at radius 1 is 1.00 bits per heavy atom. The van der Waals surface area contributed by atoms with Gasteiger partial charge in [0.1, 0.15) is 22.6 Å². The zero-order valence-corrected chi connectivity index (χ0v) is 19.5. The maximum Gasteiger partial charge on any atom is 0.349 e. The Labute approximate surface area is 198 Å². The fraction of sp³-hybridized carbons (Fsp3) is 0.370. The van der Waals surface area contributed by atoms with Gasteiger partial charge in [-0.1, -0.05) is 45.2 Å². The molecule has 1 amide bonds. The SMILES string of the molecule is CC(C)c1ccc(OCC(=O)Oc2ccc3cc(C(=O)NC4CCCCC4)c(=O)oc3c2)cc1. The average Bonchev–Trinajstić information content (AvgIpc) is 2.83. The van der Waals surface area contributed by atoms with E-state index in [4.69, 9.17) is 13.9 Å². The molecule has 2 aromatic carbocycles. The molecule has 178 valence electrons. The number of fused-ring (bicyclic) bond motifs is 1. The van der Waals surface area contributed by atoms with Crippen LogP contribution in [-0.4, -0.2) is 24.5 Å². The van der Waals surface area contributed by atoms with Crippen molar-refractivity contribution < 1.29 is 23.5 Å². The Balaban J connectivity index is 1.38. The Morgan fingerprint density at radius 2 is 1.71 bits per heavy atom. The monoisotopic (exact) mass is 463 g/mol. The molecule has 1 saturated carbocycles. The van der Waals surface area contributed by atoms with Crippen LogP contribution in [0.5, 0.6) is 11.5 Å². The molecular weight excluding hydrogens is 434 g/mol. The van der Waals surface area contributed by atoms with Crippen LogP contribution in [0.15, 0.2) is 57.7 Å². The molecule has 0 saturated heterocycles. The van der Waals surface area contributed by atoms with Crippen molar-refractivity contribution >= 4 is 22.8 Å². The molecule has 0 bridgehead atoms. The zero-order chi connectivity index (χ0) is 24.1. The summed E-state index contributed by atoms with van der Waals surface area (Å²) in [5.41, 5.74) is 0.661. The third-order valence-corrected chi connectivity index (χ3v) is 6.03. The summed E-state index contributed by atoms with van der Waals surface area (Å²) in [6, 6.07) is 13.8. The largest absolute Gasteiger partial charge is 0.482 e. The van der Waals surface area contributed by atoms with Gasteiger partial charge in [-0.05, 0) is 54.7 Å². The number of carbonyl (C=O) groups is 2. The molecule has 4 rings (SSSR count). The second kappa shape index (κ2) is 10.5. The lowest BCUT2D eigenvalue weighted by molar-refractivity contribution is -0.136. The molecule has 0 radical (unpaired) electrons. The van der Waals surface area contributed by atoms with Gasteiger partial charge in [0.2, 0.25) is 0 Å². The number of ether oxygens (including phenoxy) is 2. The van der Waals surface area contributed by atoms with Gasteiger partial charge < -0.3 is 19.2 Å². The number of nitrogens with one attached hydrogen (secondary N) is 1. The lowest BCUT2D eigenvalue weighted by Gasteiger charge is -2.22. The van der Waals surface area contributed by atoms with E-state index in [1.165, 1.54) is 24.1 Å². The van der Waals surface area contributed by atoms with Crippen LogP contribution in [0.2, 0.25) is 0 Å². The summed E-state index contributed by atoms with van der Waals surface area (Å²) in [6.45, 7) is 3.95. The average molecular weight is 464 g/mol. The first-order chi connectivity index (χ1) is 16.4. The summed E-state index contributed by atoms with van der Waals surface area (Å²) >= 11 is 0. The first-order valence-electron chi connectivity index (χ1n) is 11.7. The lowest BCUT2D eigenvalue weighted by atomic mass is 9.95. The van der Waals surface area contributed by atoms with Crippen LogP contribution in [0.4, 0.5) is 0 Å². The third kappa shape index (κ3) is 5.84. The highest BCUT2D eigenvalue weighted by Gasteiger charge is 2.20. The standard InChI is InChI=1S/C27H29NO6/c1-17(2)18-8-11-21(12-9-18)32-16-25(29)33-22-13-10-19-14-23(27(31)34-24(19)15-22)26(30)28-20-6-4-3-5-7-20/h8-15,17,20H,3-7,16H2,1-2H3,(H,28,30). The molecule has 1 aliphatic rings. The van der Waals surface area contributed by atoms with Gasteiger partial charge in [0, 0.05) is 17.5 Å². The van der Waals surface area contributed by atoms with Gasteiger partial charge in [-0.2, -0.15) is 0 Å². The van der Waals surface area contributed by atoms with Gasteiger partial charge in [-0.15, -0.1) is 0 Å². The maximum absolute atomic E-state index is 12.6. The van der Waals surface area contributed by atoms with E-state index in [2.05, 4.69) is 19.2 Å². The summed E-state index contributed by atoms with van der Waals surface area (Å²) in [7, 11) is 0. The molecule has 0 aliphatic heterocycles. The van der Waals surface area contributed by atoms with Crippen molar-refractivity contribution in [3.63, 3.8) is 0 Å².